The summed E-state index contributed by atoms with van der Waals surface area (Å²) in [5, 5.41) is 8.65. The average Bonchev–Trinajstić information content (AvgIpc) is 3.35. The Morgan fingerprint density at radius 1 is 1.05 bits per heavy atom. The van der Waals surface area contributed by atoms with Crippen molar-refractivity contribution in [2.75, 3.05) is 25.0 Å². The van der Waals surface area contributed by atoms with Gasteiger partial charge in [-0.3, -0.25) is 19.7 Å². The molecule has 3 aromatic rings. The third-order valence-corrected chi connectivity index (χ3v) is 7.58. The molecule has 1 aliphatic heterocycles. The van der Waals surface area contributed by atoms with Crippen LogP contribution < -0.4 is 16.0 Å². The number of benzene rings is 2. The summed E-state index contributed by atoms with van der Waals surface area (Å²) in [5.74, 6) is -1.09. The van der Waals surface area contributed by atoms with Gasteiger partial charge in [0.15, 0.2) is 0 Å². The largest absolute Gasteiger partial charge is 0.444 e. The first kappa shape index (κ1) is 30.8. The van der Waals surface area contributed by atoms with E-state index in [0.717, 1.165) is 17.5 Å². The number of H-pyrrole nitrogens is 1. The monoisotopic (exact) mass is 596 g/mol. The quantitative estimate of drug-likeness (QED) is 0.287. The zero-order valence-corrected chi connectivity index (χ0v) is 25.1. The molecule has 0 spiro atoms. The van der Waals surface area contributed by atoms with Crippen molar-refractivity contribution in [3.63, 3.8) is 0 Å². The predicted molar refractivity (Wildman–Crippen MR) is 160 cm³/mol. The Kier molecular flexibility index (Phi) is 9.40. The van der Waals surface area contributed by atoms with Crippen LogP contribution in [0.4, 0.5) is 10.7 Å². The molecular formula is C30H37ClN6O5. The summed E-state index contributed by atoms with van der Waals surface area (Å²) < 4.78 is 5.19. The lowest BCUT2D eigenvalue weighted by atomic mass is 9.76. The van der Waals surface area contributed by atoms with Crippen LogP contribution in [-0.2, 0) is 32.1 Å². The molecule has 11 nitrogen and oxygen atoms in total. The van der Waals surface area contributed by atoms with E-state index in [4.69, 9.17) is 16.3 Å². The lowest BCUT2D eigenvalue weighted by molar-refractivity contribution is -0.147. The van der Waals surface area contributed by atoms with Crippen molar-refractivity contribution >= 4 is 52.4 Å². The van der Waals surface area contributed by atoms with E-state index in [1.165, 1.54) is 4.90 Å². The molecule has 0 radical (unpaired) electrons. The van der Waals surface area contributed by atoms with Gasteiger partial charge in [0.05, 0.1) is 11.0 Å². The molecule has 0 saturated carbocycles. The van der Waals surface area contributed by atoms with Gasteiger partial charge in [0.1, 0.15) is 17.6 Å². The fraction of sp³-hybridized carbons (Fsp3) is 0.433. The maximum Gasteiger partial charge on any atom is 0.408 e. The first-order valence-corrected chi connectivity index (χ1v) is 14.3. The van der Waals surface area contributed by atoms with Gasteiger partial charge in [0, 0.05) is 24.7 Å². The fourth-order valence-corrected chi connectivity index (χ4v) is 5.02. The first-order valence-electron chi connectivity index (χ1n) is 14.0. The van der Waals surface area contributed by atoms with Crippen molar-refractivity contribution < 1.29 is 23.9 Å². The van der Waals surface area contributed by atoms with Crippen molar-refractivity contribution in [1.82, 2.24) is 25.5 Å². The first-order chi connectivity index (χ1) is 19.9. The van der Waals surface area contributed by atoms with Crippen LogP contribution >= 0.6 is 11.6 Å². The van der Waals surface area contributed by atoms with Gasteiger partial charge in [-0.25, -0.2) is 9.78 Å². The number of fused-ring (bicyclic) bond motifs is 1. The summed E-state index contributed by atoms with van der Waals surface area (Å²) in [6.45, 7) is 7.40. The van der Waals surface area contributed by atoms with Crippen LogP contribution in [0.5, 0.6) is 0 Å². The summed E-state index contributed by atoms with van der Waals surface area (Å²) in [7, 11) is 0. The Morgan fingerprint density at radius 2 is 1.76 bits per heavy atom. The highest BCUT2D eigenvalue weighted by atomic mass is 35.5. The number of aromatic amines is 1. The van der Waals surface area contributed by atoms with Gasteiger partial charge < -0.3 is 25.3 Å². The Balaban J connectivity index is 1.48. The third-order valence-electron chi connectivity index (χ3n) is 7.21. The minimum atomic E-state index is -1.47. The number of alkyl carbamates (subject to hydrolysis) is 1. The van der Waals surface area contributed by atoms with Crippen molar-refractivity contribution in [1.29, 1.82) is 0 Å². The van der Waals surface area contributed by atoms with Crippen LogP contribution in [-0.4, -0.2) is 63.9 Å². The number of nitrogens with zero attached hydrogens (tertiary/aromatic N) is 2. The third kappa shape index (κ3) is 7.39. The molecule has 0 aliphatic carbocycles. The van der Waals surface area contributed by atoms with Crippen LogP contribution in [0.1, 0.15) is 51.7 Å². The summed E-state index contributed by atoms with van der Waals surface area (Å²) in [5.41, 5.74) is 1.14. The number of ether oxygens (including phenoxy) is 1. The number of imidazole rings is 1. The second-order valence-corrected chi connectivity index (χ2v) is 11.7. The molecule has 4 rings (SSSR count). The van der Waals surface area contributed by atoms with E-state index < -0.39 is 28.9 Å². The molecule has 224 valence electrons. The summed E-state index contributed by atoms with van der Waals surface area (Å²) >= 11 is 6.27. The zero-order valence-electron chi connectivity index (χ0n) is 24.3. The van der Waals surface area contributed by atoms with E-state index >= 15 is 0 Å². The molecule has 4 N–H and O–H groups in total. The maximum absolute atomic E-state index is 13.8. The molecule has 1 fully saturated rings. The van der Waals surface area contributed by atoms with Gasteiger partial charge in [-0.1, -0.05) is 42.8 Å². The molecule has 0 atom stereocenters. The second-order valence-electron chi connectivity index (χ2n) is 11.3. The Bertz CT molecular complexity index is 1470. The van der Waals surface area contributed by atoms with Crippen molar-refractivity contribution in [3.8, 4) is 0 Å². The number of likely N-dealkylation sites (tertiary alicyclic amines) is 1. The molecule has 4 amide bonds. The van der Waals surface area contributed by atoms with Gasteiger partial charge >= 0.3 is 6.09 Å². The summed E-state index contributed by atoms with van der Waals surface area (Å²) in [6.07, 6.45) is 0.302. The highest BCUT2D eigenvalue weighted by Crippen LogP contribution is 2.34. The van der Waals surface area contributed by atoms with E-state index in [2.05, 4.69) is 25.9 Å². The van der Waals surface area contributed by atoms with Gasteiger partial charge in [-0.2, -0.15) is 0 Å². The van der Waals surface area contributed by atoms with Crippen LogP contribution in [0.15, 0.2) is 42.5 Å². The highest BCUT2D eigenvalue weighted by Gasteiger charge is 2.48. The number of hydrogen-bond acceptors (Lipinski definition) is 6. The molecule has 2 heterocycles. The number of aryl methyl sites for hydroxylation is 1. The topological polar surface area (TPSA) is 146 Å². The van der Waals surface area contributed by atoms with Gasteiger partial charge in [0.2, 0.25) is 23.7 Å². The number of halogens is 1. The highest BCUT2D eigenvalue weighted by molar-refractivity contribution is 6.31. The number of carbonyl (C=O) groups is 4. The number of hydrogen-bond donors (Lipinski definition) is 4. The van der Waals surface area contributed by atoms with E-state index in [-0.39, 0.29) is 50.9 Å². The summed E-state index contributed by atoms with van der Waals surface area (Å²) in [6, 6.07) is 13.0. The normalized spacial score (nSPS) is 14.7. The summed E-state index contributed by atoms with van der Waals surface area (Å²) in [4.78, 5) is 61.4. The maximum atomic E-state index is 13.8. The molecule has 0 unspecified atom stereocenters. The Labute approximate surface area is 249 Å². The number of carbonyl (C=O) groups excluding carboxylic acids is 4. The fourth-order valence-electron chi connectivity index (χ4n) is 4.81. The molecule has 1 saturated heterocycles. The molecule has 1 aliphatic rings. The van der Waals surface area contributed by atoms with Crippen LogP contribution in [0, 0.1) is 5.41 Å². The second kappa shape index (κ2) is 12.8. The smallest absolute Gasteiger partial charge is 0.408 e. The molecule has 42 heavy (non-hydrogen) atoms. The number of rotatable bonds is 8. The van der Waals surface area contributed by atoms with Crippen LogP contribution in [0.3, 0.4) is 0 Å². The molecule has 2 aromatic carbocycles. The standard InChI is InChI=1S/C30H37ClN6O5/c1-5-19-10-11-22-23(16-19)35-27(34-22)36-26(40)30(25(39)32-17-20-8-6-7-9-21(20)31)12-14-37(15-13-30)24(38)18-33-28(41)42-29(2,3)4/h6-11,16H,5,12-15,17-18H2,1-4H3,(H,32,39)(H,33,41)(H2,34,35,36,40). The predicted octanol–water partition coefficient (Wildman–Crippen LogP) is 4.17. The van der Waals surface area contributed by atoms with Gasteiger partial charge in [-0.05, 0) is 69.4 Å². The number of nitrogens with one attached hydrogen (secondary N) is 4. The SMILES string of the molecule is CCc1ccc2[nH]c(NC(=O)C3(C(=O)NCc4ccccc4Cl)CCN(C(=O)CNC(=O)OC(C)(C)C)CC3)nc2c1. The van der Waals surface area contributed by atoms with Gasteiger partial charge in [-0.15, -0.1) is 0 Å². The number of aromatic nitrogens is 2. The van der Waals surface area contributed by atoms with Crippen molar-refractivity contribution in [2.45, 2.75) is 59.1 Å². The lowest BCUT2D eigenvalue weighted by Gasteiger charge is -2.39. The minimum absolute atomic E-state index is 0.0750. The molecule has 12 heteroatoms. The lowest BCUT2D eigenvalue weighted by Crippen LogP contribution is -2.56. The van der Waals surface area contributed by atoms with Gasteiger partial charge in [0.25, 0.3) is 0 Å². The van der Waals surface area contributed by atoms with Crippen LogP contribution in [0.25, 0.3) is 11.0 Å². The Morgan fingerprint density at radius 3 is 2.43 bits per heavy atom. The molecular weight excluding hydrogens is 560 g/mol. The van der Waals surface area contributed by atoms with E-state index in [0.29, 0.717) is 16.1 Å². The zero-order chi connectivity index (χ0) is 30.5. The number of anilines is 1. The van der Waals surface area contributed by atoms with Crippen molar-refractivity contribution in [3.05, 3.63) is 58.6 Å². The van der Waals surface area contributed by atoms with Crippen LogP contribution in [0.2, 0.25) is 5.02 Å². The number of amides is 4. The molecule has 1 aromatic heterocycles. The number of piperidine rings is 1. The molecule has 0 bridgehead atoms. The van der Waals surface area contributed by atoms with E-state index in [1.807, 2.05) is 31.2 Å². The Hall–Kier alpha value is -4.12. The van der Waals surface area contributed by atoms with E-state index in [1.54, 1.807) is 39.0 Å². The van der Waals surface area contributed by atoms with Crippen molar-refractivity contribution in [2.24, 2.45) is 5.41 Å². The van der Waals surface area contributed by atoms with E-state index in [9.17, 15) is 19.2 Å². The minimum Gasteiger partial charge on any atom is -0.444 e. The average molecular weight is 597 g/mol.